The lowest BCUT2D eigenvalue weighted by molar-refractivity contribution is 0.323. The topological polar surface area (TPSA) is 21.3 Å². The molecule has 0 unspecified atom stereocenters. The molecule has 0 spiro atoms. The van der Waals surface area contributed by atoms with Crippen LogP contribution in [0.1, 0.15) is 37.5 Å². The Bertz CT molecular complexity index is 606. The first-order chi connectivity index (χ1) is 10.4. The van der Waals surface area contributed by atoms with Crippen molar-refractivity contribution in [1.82, 2.24) is 0 Å². The predicted molar refractivity (Wildman–Crippen MR) is 95.0 cm³/mol. The van der Waals surface area contributed by atoms with Gasteiger partial charge < -0.3 is 10.1 Å². The highest BCUT2D eigenvalue weighted by molar-refractivity contribution is 5.56. The van der Waals surface area contributed by atoms with Crippen LogP contribution in [0.5, 0.6) is 5.75 Å². The third kappa shape index (κ3) is 4.03. The minimum Gasteiger partial charge on any atom is -0.491 e. The zero-order chi connectivity index (χ0) is 16.2. The molecule has 0 saturated carbocycles. The largest absolute Gasteiger partial charge is 0.491 e. The van der Waals surface area contributed by atoms with Crippen molar-refractivity contribution in [3.05, 3.63) is 59.2 Å². The molecule has 2 rings (SSSR count). The van der Waals surface area contributed by atoms with Crippen molar-refractivity contribution in [2.75, 3.05) is 18.5 Å². The average molecular weight is 297 g/mol. The van der Waals surface area contributed by atoms with Crippen molar-refractivity contribution in [1.29, 1.82) is 0 Å². The molecule has 2 aromatic rings. The number of para-hydroxylation sites is 2. The number of ether oxygens (including phenoxy) is 1. The Hall–Kier alpha value is -1.96. The summed E-state index contributed by atoms with van der Waals surface area (Å²) >= 11 is 0. The molecule has 0 radical (unpaired) electrons. The van der Waals surface area contributed by atoms with Gasteiger partial charge >= 0.3 is 0 Å². The molecular weight excluding hydrogens is 270 g/mol. The summed E-state index contributed by atoms with van der Waals surface area (Å²) in [5.41, 5.74) is 5.11. The molecule has 0 heterocycles. The molecule has 118 valence electrons. The van der Waals surface area contributed by atoms with Crippen molar-refractivity contribution in [2.45, 2.75) is 40.0 Å². The standard InChI is InChI=1S/C20H27NO/c1-15-9-8-10-16(2)19(15)21-13-14-22-18-12-7-6-11-17(18)20(3,4)5/h6-12,21H,13-14H2,1-5H3. The van der Waals surface area contributed by atoms with Gasteiger partial charge in [0.15, 0.2) is 0 Å². The first kappa shape index (κ1) is 16.4. The molecule has 1 N–H and O–H groups in total. The third-order valence-corrected chi connectivity index (χ3v) is 3.84. The maximum Gasteiger partial charge on any atom is 0.123 e. The summed E-state index contributed by atoms with van der Waals surface area (Å²) in [5.74, 6) is 0.985. The lowest BCUT2D eigenvalue weighted by atomic mass is 9.86. The Morgan fingerprint density at radius 2 is 1.55 bits per heavy atom. The molecule has 0 fully saturated rings. The minimum atomic E-state index is 0.0939. The van der Waals surface area contributed by atoms with Gasteiger partial charge in [-0.3, -0.25) is 0 Å². The van der Waals surface area contributed by atoms with Gasteiger partial charge in [0, 0.05) is 12.2 Å². The van der Waals surface area contributed by atoms with E-state index in [2.05, 4.69) is 76.3 Å². The van der Waals surface area contributed by atoms with E-state index in [-0.39, 0.29) is 5.41 Å². The van der Waals surface area contributed by atoms with Crippen molar-refractivity contribution in [3.63, 3.8) is 0 Å². The number of hydrogen-bond acceptors (Lipinski definition) is 2. The quantitative estimate of drug-likeness (QED) is 0.776. The Morgan fingerprint density at radius 3 is 2.18 bits per heavy atom. The lowest BCUT2D eigenvalue weighted by Crippen LogP contribution is -2.17. The van der Waals surface area contributed by atoms with E-state index in [1.165, 1.54) is 22.4 Å². The molecule has 0 amide bonds. The number of rotatable bonds is 5. The van der Waals surface area contributed by atoms with Gasteiger partial charge in [-0.1, -0.05) is 57.2 Å². The Labute approximate surface area is 134 Å². The van der Waals surface area contributed by atoms with E-state index in [4.69, 9.17) is 4.74 Å². The van der Waals surface area contributed by atoms with E-state index in [1.807, 2.05) is 6.07 Å². The molecule has 0 aliphatic carbocycles. The van der Waals surface area contributed by atoms with Crippen molar-refractivity contribution >= 4 is 5.69 Å². The van der Waals surface area contributed by atoms with Crippen LogP contribution in [0.25, 0.3) is 0 Å². The van der Waals surface area contributed by atoms with Gasteiger partial charge in [-0.05, 0) is 42.0 Å². The number of benzene rings is 2. The molecule has 0 aliphatic heterocycles. The molecule has 0 aliphatic rings. The van der Waals surface area contributed by atoms with E-state index in [0.717, 1.165) is 12.3 Å². The summed E-state index contributed by atoms with van der Waals surface area (Å²) in [4.78, 5) is 0. The molecule has 2 aromatic carbocycles. The van der Waals surface area contributed by atoms with E-state index in [9.17, 15) is 0 Å². The fourth-order valence-corrected chi connectivity index (χ4v) is 2.64. The molecule has 0 aromatic heterocycles. The van der Waals surface area contributed by atoms with Crippen LogP contribution in [-0.2, 0) is 5.41 Å². The van der Waals surface area contributed by atoms with E-state index in [0.29, 0.717) is 6.61 Å². The van der Waals surface area contributed by atoms with Crippen LogP contribution >= 0.6 is 0 Å². The Kier molecular flexibility index (Phi) is 5.12. The molecule has 2 heteroatoms. The van der Waals surface area contributed by atoms with Gasteiger partial charge in [-0.15, -0.1) is 0 Å². The highest BCUT2D eigenvalue weighted by Gasteiger charge is 2.18. The summed E-state index contributed by atoms with van der Waals surface area (Å²) in [5, 5.41) is 3.48. The van der Waals surface area contributed by atoms with Crippen molar-refractivity contribution in [2.24, 2.45) is 0 Å². The fourth-order valence-electron chi connectivity index (χ4n) is 2.64. The maximum atomic E-state index is 6.00. The molecule has 22 heavy (non-hydrogen) atoms. The summed E-state index contributed by atoms with van der Waals surface area (Å²) in [6.07, 6.45) is 0. The smallest absolute Gasteiger partial charge is 0.123 e. The summed E-state index contributed by atoms with van der Waals surface area (Å²) in [6, 6.07) is 14.7. The van der Waals surface area contributed by atoms with Crippen LogP contribution < -0.4 is 10.1 Å². The van der Waals surface area contributed by atoms with Gasteiger partial charge in [0.2, 0.25) is 0 Å². The summed E-state index contributed by atoms with van der Waals surface area (Å²) < 4.78 is 6.00. The second-order valence-corrected chi connectivity index (χ2v) is 6.79. The van der Waals surface area contributed by atoms with Crippen LogP contribution in [0, 0.1) is 13.8 Å². The second-order valence-electron chi connectivity index (χ2n) is 6.79. The van der Waals surface area contributed by atoms with Crippen LogP contribution in [0.2, 0.25) is 0 Å². The van der Waals surface area contributed by atoms with Crippen molar-refractivity contribution in [3.8, 4) is 5.75 Å². The zero-order valence-corrected chi connectivity index (χ0v) is 14.4. The monoisotopic (exact) mass is 297 g/mol. The first-order valence-corrected chi connectivity index (χ1v) is 7.92. The van der Waals surface area contributed by atoms with Gasteiger partial charge in [-0.2, -0.15) is 0 Å². The van der Waals surface area contributed by atoms with Crippen LogP contribution in [0.15, 0.2) is 42.5 Å². The molecule has 0 atom stereocenters. The fraction of sp³-hybridized carbons (Fsp3) is 0.400. The predicted octanol–water partition coefficient (Wildman–Crippen LogP) is 5.09. The van der Waals surface area contributed by atoms with E-state index >= 15 is 0 Å². The number of anilines is 1. The molecule has 0 saturated heterocycles. The lowest BCUT2D eigenvalue weighted by Gasteiger charge is -2.23. The second kappa shape index (κ2) is 6.87. The van der Waals surface area contributed by atoms with E-state index in [1.54, 1.807) is 0 Å². The van der Waals surface area contributed by atoms with Crippen LogP contribution in [0.3, 0.4) is 0 Å². The highest BCUT2D eigenvalue weighted by atomic mass is 16.5. The molecular formula is C20H27NO. The third-order valence-electron chi connectivity index (χ3n) is 3.84. The highest BCUT2D eigenvalue weighted by Crippen LogP contribution is 2.30. The SMILES string of the molecule is Cc1cccc(C)c1NCCOc1ccccc1C(C)(C)C. The normalized spacial score (nSPS) is 11.3. The summed E-state index contributed by atoms with van der Waals surface area (Å²) in [6.45, 7) is 12.3. The average Bonchev–Trinajstić information content (AvgIpc) is 2.45. The van der Waals surface area contributed by atoms with Crippen LogP contribution in [-0.4, -0.2) is 13.2 Å². The van der Waals surface area contributed by atoms with Crippen LogP contribution in [0.4, 0.5) is 5.69 Å². The minimum absolute atomic E-state index is 0.0939. The van der Waals surface area contributed by atoms with Gasteiger partial charge in [0.25, 0.3) is 0 Å². The maximum absolute atomic E-state index is 6.00. The van der Waals surface area contributed by atoms with Gasteiger partial charge in [0.1, 0.15) is 12.4 Å². The molecule has 0 bridgehead atoms. The van der Waals surface area contributed by atoms with Gasteiger partial charge in [0.05, 0.1) is 0 Å². The number of hydrogen-bond donors (Lipinski definition) is 1. The summed E-state index contributed by atoms with van der Waals surface area (Å²) in [7, 11) is 0. The number of aryl methyl sites for hydroxylation is 2. The van der Waals surface area contributed by atoms with Crippen molar-refractivity contribution < 1.29 is 4.74 Å². The molecule has 2 nitrogen and oxygen atoms in total. The zero-order valence-electron chi connectivity index (χ0n) is 14.4. The Balaban J connectivity index is 1.95. The number of nitrogens with one attached hydrogen (secondary N) is 1. The van der Waals surface area contributed by atoms with E-state index < -0.39 is 0 Å². The first-order valence-electron chi connectivity index (χ1n) is 7.92. The van der Waals surface area contributed by atoms with Gasteiger partial charge in [-0.25, -0.2) is 0 Å². The Morgan fingerprint density at radius 1 is 0.909 bits per heavy atom.